The van der Waals surface area contributed by atoms with Crippen molar-refractivity contribution in [3.8, 4) is 5.75 Å². The Hall–Kier alpha value is -3.59. The van der Waals surface area contributed by atoms with Gasteiger partial charge in [0.05, 0.1) is 13.7 Å². The summed E-state index contributed by atoms with van der Waals surface area (Å²) in [5.41, 5.74) is 2.04. The van der Waals surface area contributed by atoms with E-state index in [1.165, 1.54) is 11.9 Å². The van der Waals surface area contributed by atoms with Crippen LogP contribution in [0.25, 0.3) is 0 Å². The van der Waals surface area contributed by atoms with Crippen LogP contribution in [-0.4, -0.2) is 60.3 Å². The fraction of sp³-hybridized carbons (Fsp3) is 0.423. The molecule has 0 saturated carbocycles. The first-order valence-corrected chi connectivity index (χ1v) is 11.3. The number of amides is 3. The molecular weight excluding hydrogens is 450 g/mol. The molecule has 2 atom stereocenters. The fourth-order valence-corrected chi connectivity index (χ4v) is 3.65. The lowest BCUT2D eigenvalue weighted by Gasteiger charge is -2.32. The molecule has 3 N–H and O–H groups in total. The van der Waals surface area contributed by atoms with Gasteiger partial charge in [0, 0.05) is 12.7 Å². The van der Waals surface area contributed by atoms with E-state index in [2.05, 4.69) is 10.6 Å². The average molecular weight is 486 g/mol. The molecule has 0 heterocycles. The summed E-state index contributed by atoms with van der Waals surface area (Å²) in [6.45, 7) is 8.12. The molecule has 0 aliphatic rings. The van der Waals surface area contributed by atoms with Gasteiger partial charge in [0.1, 0.15) is 23.4 Å². The van der Waals surface area contributed by atoms with Crippen molar-refractivity contribution in [1.82, 2.24) is 10.2 Å². The molecule has 2 rings (SSSR count). The van der Waals surface area contributed by atoms with E-state index in [1.807, 2.05) is 32.0 Å². The van der Waals surface area contributed by atoms with Gasteiger partial charge < -0.3 is 30.1 Å². The number of hydrogen-bond donors (Lipinski definition) is 3. The molecule has 9 nitrogen and oxygen atoms in total. The maximum Gasteiger partial charge on any atom is 0.408 e. The third kappa shape index (κ3) is 7.45. The molecule has 3 amide bonds. The van der Waals surface area contributed by atoms with E-state index in [-0.39, 0.29) is 0 Å². The van der Waals surface area contributed by atoms with Gasteiger partial charge in [-0.15, -0.1) is 0 Å². The Balaban J connectivity index is 2.38. The summed E-state index contributed by atoms with van der Waals surface area (Å²) < 4.78 is 10.4. The Labute approximate surface area is 206 Å². The lowest BCUT2D eigenvalue weighted by Crippen LogP contribution is -2.52. The van der Waals surface area contributed by atoms with Crippen LogP contribution in [0.4, 0.5) is 10.5 Å². The quantitative estimate of drug-likeness (QED) is 0.528. The highest BCUT2D eigenvalue weighted by molar-refractivity contribution is 5.99. The number of hydrogen-bond acceptors (Lipinski definition) is 6. The zero-order chi connectivity index (χ0) is 26.3. The van der Waals surface area contributed by atoms with E-state index in [1.54, 1.807) is 52.1 Å². The zero-order valence-corrected chi connectivity index (χ0v) is 21.3. The summed E-state index contributed by atoms with van der Waals surface area (Å²) in [7, 11) is 3.01. The number of carbonyl (C=O) groups excluding carboxylic acids is 3. The predicted molar refractivity (Wildman–Crippen MR) is 133 cm³/mol. The van der Waals surface area contributed by atoms with Crippen molar-refractivity contribution in [2.45, 2.75) is 52.3 Å². The first kappa shape index (κ1) is 27.7. The molecule has 0 bridgehead atoms. The van der Waals surface area contributed by atoms with E-state index in [0.717, 1.165) is 11.1 Å². The standard InChI is InChI=1S/C26H35N3O6/c1-16-9-8-10-17(2)21(16)22(23(31)27-18-11-13-19(34-7)14-12-18)29(6)24(32)20(15-30)28-25(33)35-26(3,4)5/h8-14,20,22,30H,15H2,1-7H3,(H,27,31)(H,28,33). The molecule has 190 valence electrons. The maximum atomic E-state index is 13.5. The fourth-order valence-electron chi connectivity index (χ4n) is 3.65. The molecule has 0 saturated heterocycles. The summed E-state index contributed by atoms with van der Waals surface area (Å²) in [6, 6.07) is 10.1. The predicted octanol–water partition coefficient (Wildman–Crippen LogP) is 3.34. The molecule has 2 unspecified atom stereocenters. The average Bonchev–Trinajstić information content (AvgIpc) is 2.78. The van der Waals surface area contributed by atoms with Crippen LogP contribution in [0.5, 0.6) is 5.75 Å². The first-order valence-electron chi connectivity index (χ1n) is 11.3. The monoisotopic (exact) mass is 485 g/mol. The topological polar surface area (TPSA) is 117 Å². The Kier molecular flexibility index (Phi) is 9.25. The van der Waals surface area contributed by atoms with Gasteiger partial charge in [-0.3, -0.25) is 9.59 Å². The Morgan fingerprint density at radius 1 is 1.03 bits per heavy atom. The summed E-state index contributed by atoms with van der Waals surface area (Å²) >= 11 is 0. The van der Waals surface area contributed by atoms with Crippen LogP contribution in [0.1, 0.15) is 43.5 Å². The number of rotatable bonds is 8. The van der Waals surface area contributed by atoms with Gasteiger partial charge in [0.15, 0.2) is 0 Å². The highest BCUT2D eigenvalue weighted by Gasteiger charge is 2.35. The number of anilines is 1. The molecule has 2 aromatic carbocycles. The van der Waals surface area contributed by atoms with E-state index in [9.17, 15) is 19.5 Å². The highest BCUT2D eigenvalue weighted by atomic mass is 16.6. The van der Waals surface area contributed by atoms with Crippen LogP contribution in [0.15, 0.2) is 42.5 Å². The summed E-state index contributed by atoms with van der Waals surface area (Å²) in [5.74, 6) is -0.450. The third-order valence-corrected chi connectivity index (χ3v) is 5.33. The van der Waals surface area contributed by atoms with Crippen LogP contribution in [0.2, 0.25) is 0 Å². The van der Waals surface area contributed by atoms with Gasteiger partial charge in [0.25, 0.3) is 5.91 Å². The summed E-state index contributed by atoms with van der Waals surface area (Å²) in [4.78, 5) is 40.3. The van der Waals surface area contributed by atoms with Gasteiger partial charge in [-0.1, -0.05) is 18.2 Å². The van der Waals surface area contributed by atoms with E-state index in [4.69, 9.17) is 9.47 Å². The Morgan fingerprint density at radius 2 is 1.60 bits per heavy atom. The number of benzene rings is 2. The number of ether oxygens (including phenoxy) is 2. The van der Waals surface area contributed by atoms with Crippen molar-refractivity contribution >= 4 is 23.6 Å². The zero-order valence-electron chi connectivity index (χ0n) is 21.3. The number of nitrogens with zero attached hydrogens (tertiary/aromatic N) is 1. The molecule has 35 heavy (non-hydrogen) atoms. The number of aryl methyl sites for hydroxylation is 2. The van der Waals surface area contributed by atoms with Gasteiger partial charge in [-0.2, -0.15) is 0 Å². The van der Waals surface area contributed by atoms with Gasteiger partial charge in [-0.05, 0) is 75.6 Å². The second kappa shape index (κ2) is 11.7. The van der Waals surface area contributed by atoms with E-state index < -0.39 is 42.2 Å². The second-order valence-corrected chi connectivity index (χ2v) is 9.26. The largest absolute Gasteiger partial charge is 0.497 e. The van der Waals surface area contributed by atoms with E-state index >= 15 is 0 Å². The number of carbonyl (C=O) groups is 3. The Bertz CT molecular complexity index is 1030. The molecule has 2 aromatic rings. The smallest absolute Gasteiger partial charge is 0.408 e. The number of aliphatic hydroxyl groups is 1. The molecular formula is C26H35N3O6. The van der Waals surface area contributed by atoms with Crippen molar-refractivity contribution in [1.29, 1.82) is 0 Å². The highest BCUT2D eigenvalue weighted by Crippen LogP contribution is 2.29. The van der Waals surface area contributed by atoms with Crippen molar-refractivity contribution in [2.75, 3.05) is 26.1 Å². The molecule has 0 aromatic heterocycles. The number of nitrogens with one attached hydrogen (secondary N) is 2. The maximum absolute atomic E-state index is 13.5. The number of methoxy groups -OCH3 is 1. The first-order chi connectivity index (χ1) is 16.4. The van der Waals surface area contributed by atoms with Crippen LogP contribution in [0.3, 0.4) is 0 Å². The summed E-state index contributed by atoms with van der Waals surface area (Å²) in [6.07, 6.45) is -0.843. The number of aliphatic hydroxyl groups excluding tert-OH is 1. The van der Waals surface area contributed by atoms with Crippen LogP contribution in [0, 0.1) is 13.8 Å². The van der Waals surface area contributed by atoms with Crippen molar-refractivity contribution in [3.05, 3.63) is 59.2 Å². The van der Waals surface area contributed by atoms with Gasteiger partial charge in [-0.25, -0.2) is 4.79 Å². The van der Waals surface area contributed by atoms with Crippen LogP contribution in [-0.2, 0) is 14.3 Å². The molecule has 9 heteroatoms. The minimum Gasteiger partial charge on any atom is -0.497 e. The van der Waals surface area contributed by atoms with Crippen molar-refractivity contribution in [2.24, 2.45) is 0 Å². The Morgan fingerprint density at radius 3 is 2.09 bits per heavy atom. The molecule has 0 aliphatic carbocycles. The van der Waals surface area contributed by atoms with Gasteiger partial charge >= 0.3 is 6.09 Å². The normalized spacial score (nSPS) is 12.8. The minimum absolute atomic E-state index is 0.447. The minimum atomic E-state index is -1.30. The number of alkyl carbamates (subject to hydrolysis) is 1. The van der Waals surface area contributed by atoms with Crippen LogP contribution < -0.4 is 15.4 Å². The third-order valence-electron chi connectivity index (χ3n) is 5.33. The molecule has 0 spiro atoms. The second-order valence-electron chi connectivity index (χ2n) is 9.26. The molecule has 0 radical (unpaired) electrons. The van der Waals surface area contributed by atoms with Gasteiger partial charge in [0.2, 0.25) is 5.91 Å². The van der Waals surface area contributed by atoms with Crippen LogP contribution >= 0.6 is 0 Å². The number of likely N-dealkylation sites (N-methyl/N-ethyl adjacent to an activating group) is 1. The SMILES string of the molecule is COc1ccc(NC(=O)C(c2c(C)cccc2C)N(C)C(=O)C(CO)NC(=O)OC(C)(C)C)cc1. The van der Waals surface area contributed by atoms with E-state index in [0.29, 0.717) is 17.0 Å². The molecule has 0 aliphatic heterocycles. The lowest BCUT2D eigenvalue weighted by molar-refractivity contribution is -0.139. The summed E-state index contributed by atoms with van der Waals surface area (Å²) in [5, 5.41) is 15.1. The van der Waals surface area contributed by atoms with Crippen molar-refractivity contribution in [3.63, 3.8) is 0 Å². The molecule has 0 fully saturated rings. The van der Waals surface area contributed by atoms with Crippen molar-refractivity contribution < 1.29 is 29.0 Å². The lowest BCUT2D eigenvalue weighted by atomic mass is 9.94.